The molecule has 5 N–H and O–H groups in total. The van der Waals surface area contributed by atoms with Crippen LogP contribution in [0.15, 0.2) is 82.6 Å². The van der Waals surface area contributed by atoms with Crippen LogP contribution in [0, 0.1) is 0 Å². The Morgan fingerprint density at radius 2 is 1.08 bits per heavy atom. The fourth-order valence-corrected chi connectivity index (χ4v) is 9.08. The lowest BCUT2D eigenvalue weighted by molar-refractivity contribution is 0.322. The fourth-order valence-electron chi connectivity index (χ4n) is 5.55. The van der Waals surface area contributed by atoms with Gasteiger partial charge in [-0.1, -0.05) is 11.8 Å². The number of thiophene rings is 2. The van der Waals surface area contributed by atoms with Crippen LogP contribution >= 0.6 is 34.4 Å². The monoisotopic (exact) mass is 921 g/mol. The third-order valence-electron chi connectivity index (χ3n) is 8.39. The predicted molar refractivity (Wildman–Crippen MR) is 234 cm³/mol. The number of anilines is 6. The van der Waals surface area contributed by atoms with Crippen molar-refractivity contribution in [3.05, 3.63) is 48.5 Å². The van der Waals surface area contributed by atoms with Crippen molar-refractivity contribution >= 4 is 111 Å². The second-order valence-corrected chi connectivity index (χ2v) is 18.5. The van der Waals surface area contributed by atoms with E-state index in [1.54, 1.807) is 24.3 Å². The first kappa shape index (κ1) is 46.1. The first-order chi connectivity index (χ1) is 28.6. The van der Waals surface area contributed by atoms with Gasteiger partial charge in [0.15, 0.2) is 5.16 Å². The van der Waals surface area contributed by atoms with E-state index in [1.807, 2.05) is 27.7 Å². The summed E-state index contributed by atoms with van der Waals surface area (Å²) in [5.41, 5.74) is 2.79. The van der Waals surface area contributed by atoms with Gasteiger partial charge in [0.05, 0.1) is 43.6 Å². The van der Waals surface area contributed by atoms with Crippen molar-refractivity contribution in [3.8, 4) is 11.5 Å². The highest BCUT2D eigenvalue weighted by Crippen LogP contribution is 2.43. The molecule has 0 aliphatic rings. The van der Waals surface area contributed by atoms with Gasteiger partial charge in [-0.05, 0) is 64.1 Å². The summed E-state index contributed by atoms with van der Waals surface area (Å²) in [5, 5.41) is 34.1. The standard InChI is InChI=1S/C35H43N11O9S5/c1-7-45(8-2)25-17-21(23(19-27(25)54-5)41-43-29-11-13-31(57-29)59(48,49)50)36-33-38-34(40-35(39-33)56-16-15-47)37-22-18-26(46(9-3)10-4)28(55-6)20-24(22)42-44-30-12-14-32(58-30)60(51,52)53/h11-14,17-20,47H,7-10,15-16H2,1-6H3,(H,48,49,50)(H,51,52,53)(H2,36,37,38,39,40)/b43-41+,44-42+. The van der Waals surface area contributed by atoms with E-state index >= 15 is 0 Å². The number of azo groups is 2. The van der Waals surface area contributed by atoms with E-state index in [0.717, 1.165) is 34.0 Å². The number of aliphatic hydroxyl groups excluding tert-OH is 1. The number of thioether (sulfide) groups is 1. The van der Waals surface area contributed by atoms with E-state index in [4.69, 9.17) is 9.47 Å². The first-order valence-corrected chi connectivity index (χ1v) is 23.6. The molecule has 0 amide bonds. The van der Waals surface area contributed by atoms with Crippen LogP contribution in [0.4, 0.5) is 56.0 Å². The molecule has 0 atom stereocenters. The van der Waals surface area contributed by atoms with Gasteiger partial charge in [0.1, 0.15) is 41.3 Å². The lowest BCUT2D eigenvalue weighted by atomic mass is 10.2. The molecule has 3 aromatic heterocycles. The van der Waals surface area contributed by atoms with Crippen molar-refractivity contribution < 1.29 is 40.5 Å². The molecule has 322 valence electrons. The Balaban J connectivity index is 1.63. The van der Waals surface area contributed by atoms with Gasteiger partial charge in [0.2, 0.25) is 11.9 Å². The molecule has 0 saturated heterocycles. The summed E-state index contributed by atoms with van der Waals surface area (Å²) in [6.45, 7) is 10.4. The molecule has 2 aromatic carbocycles. The second kappa shape index (κ2) is 20.5. The molecule has 0 aliphatic carbocycles. The Morgan fingerprint density at radius 3 is 1.42 bits per heavy atom. The van der Waals surface area contributed by atoms with E-state index in [9.17, 15) is 31.0 Å². The Bertz CT molecular complexity index is 2390. The van der Waals surface area contributed by atoms with E-state index in [0.29, 0.717) is 49.1 Å². The van der Waals surface area contributed by atoms with Crippen molar-refractivity contribution in [2.24, 2.45) is 20.5 Å². The van der Waals surface area contributed by atoms with Crippen LogP contribution in [0.25, 0.3) is 0 Å². The summed E-state index contributed by atoms with van der Waals surface area (Å²) < 4.78 is 76.6. The molecule has 5 aromatic rings. The number of rotatable bonds is 21. The van der Waals surface area contributed by atoms with Crippen LogP contribution in [0.1, 0.15) is 27.7 Å². The van der Waals surface area contributed by atoms with Crippen molar-refractivity contribution in [3.63, 3.8) is 0 Å². The minimum atomic E-state index is -4.43. The number of hydrogen-bond donors (Lipinski definition) is 5. The zero-order chi connectivity index (χ0) is 43.6. The molecule has 3 heterocycles. The molecular formula is C35H43N11O9S5. The number of nitrogens with one attached hydrogen (secondary N) is 2. The Hall–Kier alpha value is -5.02. The van der Waals surface area contributed by atoms with Crippen LogP contribution in [0.2, 0.25) is 0 Å². The summed E-state index contributed by atoms with van der Waals surface area (Å²) >= 11 is 2.65. The molecule has 0 aliphatic heterocycles. The zero-order valence-corrected chi connectivity index (χ0v) is 37.3. The third kappa shape index (κ3) is 11.6. The van der Waals surface area contributed by atoms with Gasteiger partial charge in [-0.2, -0.15) is 31.8 Å². The van der Waals surface area contributed by atoms with Crippen LogP contribution in [0.3, 0.4) is 0 Å². The molecule has 25 heteroatoms. The maximum absolute atomic E-state index is 11.7. The van der Waals surface area contributed by atoms with Gasteiger partial charge in [-0.25, -0.2) is 0 Å². The number of methoxy groups -OCH3 is 2. The van der Waals surface area contributed by atoms with Crippen LogP contribution in [-0.2, 0) is 20.2 Å². The van der Waals surface area contributed by atoms with Crippen LogP contribution < -0.4 is 29.9 Å². The number of benzene rings is 2. The van der Waals surface area contributed by atoms with Crippen molar-refractivity contribution in [2.75, 3.05) is 73.2 Å². The number of aromatic nitrogens is 3. The molecule has 0 bridgehead atoms. The zero-order valence-electron chi connectivity index (χ0n) is 33.2. The number of hydrogen-bond acceptors (Lipinski definition) is 21. The van der Waals surface area contributed by atoms with Gasteiger partial charge in [-0.3, -0.25) is 9.11 Å². The highest BCUT2D eigenvalue weighted by Gasteiger charge is 2.20. The third-order valence-corrected chi connectivity index (χ3v) is 13.8. The molecule has 60 heavy (non-hydrogen) atoms. The van der Waals surface area contributed by atoms with Gasteiger partial charge in [0, 0.05) is 44.1 Å². The van der Waals surface area contributed by atoms with E-state index in [1.165, 1.54) is 50.2 Å². The molecule has 0 unspecified atom stereocenters. The van der Waals surface area contributed by atoms with Gasteiger partial charge < -0.3 is 35.0 Å². The Morgan fingerprint density at radius 1 is 0.667 bits per heavy atom. The number of ether oxygens (including phenoxy) is 2. The minimum Gasteiger partial charge on any atom is -0.494 e. The molecule has 5 rings (SSSR count). The average Bonchev–Trinajstić information content (AvgIpc) is 3.91. The predicted octanol–water partition coefficient (Wildman–Crippen LogP) is 8.60. The lowest BCUT2D eigenvalue weighted by Crippen LogP contribution is -2.22. The topological polar surface area (TPSA) is 266 Å². The molecule has 0 saturated carbocycles. The van der Waals surface area contributed by atoms with Gasteiger partial charge in [0.25, 0.3) is 0 Å². The van der Waals surface area contributed by atoms with Crippen molar-refractivity contribution in [1.29, 1.82) is 0 Å². The molecule has 0 radical (unpaired) electrons. The van der Waals surface area contributed by atoms with Crippen molar-refractivity contribution in [1.82, 2.24) is 15.0 Å². The van der Waals surface area contributed by atoms with Crippen LogP contribution in [-0.4, -0.2) is 98.8 Å². The van der Waals surface area contributed by atoms with Gasteiger partial charge >= 0.3 is 20.2 Å². The summed E-state index contributed by atoms with van der Waals surface area (Å²) in [5.74, 6) is 1.39. The fraction of sp³-hybridized carbons (Fsp3) is 0.343. The van der Waals surface area contributed by atoms with Gasteiger partial charge in [-0.15, -0.1) is 43.1 Å². The highest BCUT2D eigenvalue weighted by atomic mass is 32.3. The maximum atomic E-state index is 11.7. The van der Waals surface area contributed by atoms with E-state index < -0.39 is 20.2 Å². The lowest BCUT2D eigenvalue weighted by Gasteiger charge is -2.25. The largest absolute Gasteiger partial charge is 0.494 e. The molecule has 0 fully saturated rings. The second-order valence-electron chi connectivity index (χ2n) is 12.0. The maximum Gasteiger partial charge on any atom is 0.304 e. The number of nitrogens with zero attached hydrogens (tertiary/aromatic N) is 9. The van der Waals surface area contributed by atoms with Crippen LogP contribution in [0.5, 0.6) is 11.5 Å². The highest BCUT2D eigenvalue weighted by molar-refractivity contribution is 7.99. The molecule has 0 spiro atoms. The molecular weight excluding hydrogens is 879 g/mol. The summed E-state index contributed by atoms with van der Waals surface area (Å²) in [4.78, 5) is 18.0. The van der Waals surface area contributed by atoms with Crippen molar-refractivity contribution in [2.45, 2.75) is 41.3 Å². The summed E-state index contributed by atoms with van der Waals surface area (Å²) in [6, 6.07) is 12.2. The quantitative estimate of drug-likeness (QED) is 0.0262. The Labute approximate surface area is 359 Å². The molecule has 20 nitrogen and oxygen atoms in total. The normalized spacial score (nSPS) is 12.0. The van der Waals surface area contributed by atoms with E-state index in [-0.39, 0.29) is 59.2 Å². The summed E-state index contributed by atoms with van der Waals surface area (Å²) in [6.07, 6.45) is 0. The smallest absolute Gasteiger partial charge is 0.304 e. The Kier molecular flexibility index (Phi) is 15.7. The summed E-state index contributed by atoms with van der Waals surface area (Å²) in [7, 11) is -5.82. The number of aliphatic hydroxyl groups is 1. The van der Waals surface area contributed by atoms with E-state index in [2.05, 4.69) is 55.8 Å². The SMILES string of the molecule is CCN(CC)c1cc(Nc2nc(Nc3cc(N(CC)CC)c(OC)cc3/N=N/c3ccc(S(=O)(=O)O)s3)nc(SCCO)n2)c(/N=N/c2ccc(S(=O)(=O)O)s2)cc1OC. The minimum absolute atomic E-state index is 0.0711. The first-order valence-electron chi connectivity index (χ1n) is 18.1. The average molecular weight is 922 g/mol.